The van der Waals surface area contributed by atoms with Crippen LogP contribution in [0.3, 0.4) is 0 Å². The van der Waals surface area contributed by atoms with Crippen molar-refractivity contribution in [2.75, 3.05) is 25.5 Å². The molecule has 1 saturated heterocycles. The fourth-order valence-electron chi connectivity index (χ4n) is 3.85. The Morgan fingerprint density at radius 3 is 2.50 bits per heavy atom. The van der Waals surface area contributed by atoms with Gasteiger partial charge in [0.15, 0.2) is 0 Å². The number of methoxy groups -OCH3 is 1. The lowest BCUT2D eigenvalue weighted by molar-refractivity contribution is 0.100. The summed E-state index contributed by atoms with van der Waals surface area (Å²) in [6, 6.07) is 13.1. The van der Waals surface area contributed by atoms with Crippen molar-refractivity contribution < 1.29 is 14.3 Å². The van der Waals surface area contributed by atoms with E-state index in [9.17, 15) is 9.59 Å². The van der Waals surface area contributed by atoms with Gasteiger partial charge in [-0.15, -0.1) is 11.3 Å². The SMILES string of the molecule is COc1ccc2sc(NC(=O)c3ccc(CN4CCCCC4)cc3)c(C(N)=O)c2c1. The number of amides is 2. The topological polar surface area (TPSA) is 84.7 Å². The number of hydrogen-bond donors (Lipinski definition) is 2. The quantitative estimate of drug-likeness (QED) is 0.621. The van der Waals surface area contributed by atoms with Gasteiger partial charge in [-0.1, -0.05) is 18.6 Å². The second kappa shape index (κ2) is 8.85. The molecule has 2 heterocycles. The summed E-state index contributed by atoms with van der Waals surface area (Å²) < 4.78 is 6.10. The number of anilines is 1. The van der Waals surface area contributed by atoms with Crippen LogP contribution in [0.5, 0.6) is 5.75 Å². The Morgan fingerprint density at radius 2 is 1.83 bits per heavy atom. The molecule has 0 radical (unpaired) electrons. The first kappa shape index (κ1) is 20.4. The first-order valence-corrected chi connectivity index (χ1v) is 10.9. The van der Waals surface area contributed by atoms with Crippen LogP contribution >= 0.6 is 11.3 Å². The lowest BCUT2D eigenvalue weighted by atomic mass is 10.1. The van der Waals surface area contributed by atoms with E-state index in [1.54, 1.807) is 13.2 Å². The van der Waals surface area contributed by atoms with Gasteiger partial charge >= 0.3 is 0 Å². The van der Waals surface area contributed by atoms with E-state index in [0.717, 1.165) is 24.3 Å². The highest BCUT2D eigenvalue weighted by molar-refractivity contribution is 7.23. The van der Waals surface area contributed by atoms with E-state index >= 15 is 0 Å². The molecule has 0 atom stereocenters. The van der Waals surface area contributed by atoms with Crippen molar-refractivity contribution in [2.24, 2.45) is 5.73 Å². The third-order valence-electron chi connectivity index (χ3n) is 5.44. The Hall–Kier alpha value is -2.90. The molecule has 3 aromatic rings. The molecule has 0 spiro atoms. The van der Waals surface area contributed by atoms with E-state index in [4.69, 9.17) is 10.5 Å². The lowest BCUT2D eigenvalue weighted by Crippen LogP contribution is -2.29. The number of piperidine rings is 1. The molecule has 2 amide bonds. The highest BCUT2D eigenvalue weighted by atomic mass is 32.1. The molecule has 2 aromatic carbocycles. The molecule has 1 aliphatic rings. The average molecular weight is 424 g/mol. The Balaban J connectivity index is 1.52. The molecule has 3 N–H and O–H groups in total. The normalized spacial score (nSPS) is 14.6. The van der Waals surface area contributed by atoms with E-state index in [1.807, 2.05) is 36.4 Å². The zero-order chi connectivity index (χ0) is 21.1. The summed E-state index contributed by atoms with van der Waals surface area (Å²) in [6.45, 7) is 3.18. The molecule has 0 saturated carbocycles. The summed E-state index contributed by atoms with van der Waals surface area (Å²) in [6.07, 6.45) is 3.82. The van der Waals surface area contributed by atoms with Crippen LogP contribution in [0.2, 0.25) is 0 Å². The smallest absolute Gasteiger partial charge is 0.256 e. The maximum atomic E-state index is 12.8. The van der Waals surface area contributed by atoms with Gasteiger partial charge in [-0.2, -0.15) is 0 Å². The molecule has 6 nitrogen and oxygen atoms in total. The number of likely N-dealkylation sites (tertiary alicyclic amines) is 1. The third-order valence-corrected chi connectivity index (χ3v) is 6.53. The molecule has 156 valence electrons. The van der Waals surface area contributed by atoms with Crippen molar-refractivity contribution in [3.63, 3.8) is 0 Å². The number of rotatable bonds is 6. The van der Waals surface area contributed by atoms with Gasteiger partial charge in [0.2, 0.25) is 0 Å². The van der Waals surface area contributed by atoms with Crippen LogP contribution in [-0.2, 0) is 6.54 Å². The third kappa shape index (κ3) is 4.32. The summed E-state index contributed by atoms with van der Waals surface area (Å²) in [5.74, 6) is -0.216. The molecule has 1 aliphatic heterocycles. The van der Waals surface area contributed by atoms with Crippen molar-refractivity contribution in [1.29, 1.82) is 0 Å². The van der Waals surface area contributed by atoms with E-state index in [1.165, 1.54) is 36.2 Å². The zero-order valence-electron chi connectivity index (χ0n) is 16.9. The second-order valence-corrected chi connectivity index (χ2v) is 8.57. The number of carbonyl (C=O) groups is 2. The fourth-order valence-corrected chi connectivity index (χ4v) is 4.93. The summed E-state index contributed by atoms with van der Waals surface area (Å²) >= 11 is 1.33. The fraction of sp³-hybridized carbons (Fsp3) is 0.304. The molecule has 0 bridgehead atoms. The molecular formula is C23H25N3O3S. The van der Waals surface area contributed by atoms with Crippen LogP contribution in [0.15, 0.2) is 42.5 Å². The molecule has 1 aromatic heterocycles. The molecule has 4 rings (SSSR count). The van der Waals surface area contributed by atoms with Gasteiger partial charge in [0.25, 0.3) is 11.8 Å². The van der Waals surface area contributed by atoms with Gasteiger partial charge in [-0.05, 0) is 61.8 Å². The molecule has 0 aliphatic carbocycles. The van der Waals surface area contributed by atoms with Crippen molar-refractivity contribution in [1.82, 2.24) is 4.90 Å². The number of primary amides is 1. The van der Waals surface area contributed by atoms with Crippen molar-refractivity contribution >= 4 is 38.2 Å². The maximum Gasteiger partial charge on any atom is 0.256 e. The molecule has 30 heavy (non-hydrogen) atoms. The van der Waals surface area contributed by atoms with Crippen LogP contribution in [0, 0.1) is 0 Å². The van der Waals surface area contributed by atoms with Crippen LogP contribution in [0.4, 0.5) is 5.00 Å². The number of fused-ring (bicyclic) bond motifs is 1. The lowest BCUT2D eigenvalue weighted by Gasteiger charge is -2.26. The monoisotopic (exact) mass is 423 g/mol. The van der Waals surface area contributed by atoms with Crippen molar-refractivity contribution in [3.05, 3.63) is 59.2 Å². The largest absolute Gasteiger partial charge is 0.497 e. The van der Waals surface area contributed by atoms with Gasteiger partial charge in [-0.25, -0.2) is 0 Å². The zero-order valence-corrected chi connectivity index (χ0v) is 17.8. The summed E-state index contributed by atoms with van der Waals surface area (Å²) in [4.78, 5) is 27.3. The van der Waals surface area contributed by atoms with Crippen LogP contribution < -0.4 is 15.8 Å². The van der Waals surface area contributed by atoms with Gasteiger partial charge in [0.1, 0.15) is 10.8 Å². The van der Waals surface area contributed by atoms with Gasteiger partial charge in [0.05, 0.1) is 12.7 Å². The minimum absolute atomic E-state index is 0.263. The first-order valence-electron chi connectivity index (χ1n) is 10.1. The van der Waals surface area contributed by atoms with E-state index < -0.39 is 5.91 Å². The second-order valence-electron chi connectivity index (χ2n) is 7.52. The van der Waals surface area contributed by atoms with Crippen molar-refractivity contribution in [2.45, 2.75) is 25.8 Å². The van der Waals surface area contributed by atoms with E-state index in [2.05, 4.69) is 10.2 Å². The molecule has 1 fully saturated rings. The van der Waals surface area contributed by atoms with Crippen LogP contribution in [0.25, 0.3) is 10.1 Å². The van der Waals surface area contributed by atoms with E-state index in [-0.39, 0.29) is 5.91 Å². The van der Waals surface area contributed by atoms with E-state index in [0.29, 0.717) is 27.3 Å². The Bertz CT molecular complexity index is 1070. The number of benzene rings is 2. The minimum atomic E-state index is -0.582. The standard InChI is InChI=1S/C23H25N3O3S/c1-29-17-9-10-19-18(13-17)20(21(24)27)23(30-19)25-22(28)16-7-5-15(6-8-16)14-26-11-3-2-4-12-26/h5-10,13H,2-4,11-12,14H2,1H3,(H2,24,27)(H,25,28). The predicted octanol–water partition coefficient (Wildman–Crippen LogP) is 4.25. The number of nitrogens with one attached hydrogen (secondary N) is 1. The summed E-state index contributed by atoms with van der Waals surface area (Å²) in [7, 11) is 1.56. The number of ether oxygens (including phenoxy) is 1. The maximum absolute atomic E-state index is 12.8. The summed E-state index contributed by atoms with van der Waals surface area (Å²) in [5, 5.41) is 4.00. The number of nitrogens with zero attached hydrogens (tertiary/aromatic N) is 1. The number of carbonyl (C=O) groups excluding carboxylic acids is 2. The predicted molar refractivity (Wildman–Crippen MR) is 120 cm³/mol. The Morgan fingerprint density at radius 1 is 1.10 bits per heavy atom. The van der Waals surface area contributed by atoms with Gasteiger partial charge < -0.3 is 15.8 Å². The average Bonchev–Trinajstić information content (AvgIpc) is 3.12. The number of hydrogen-bond acceptors (Lipinski definition) is 5. The molecule has 0 unspecified atom stereocenters. The summed E-state index contributed by atoms with van der Waals surface area (Å²) in [5.41, 5.74) is 7.66. The highest BCUT2D eigenvalue weighted by Gasteiger charge is 2.20. The Labute approximate surface area is 179 Å². The molecular weight excluding hydrogens is 398 g/mol. The first-order chi connectivity index (χ1) is 14.5. The van der Waals surface area contributed by atoms with Gasteiger partial charge in [0, 0.05) is 22.2 Å². The minimum Gasteiger partial charge on any atom is -0.497 e. The van der Waals surface area contributed by atoms with Crippen LogP contribution in [-0.4, -0.2) is 36.9 Å². The Kier molecular flexibility index (Phi) is 6.01. The number of thiophene rings is 1. The van der Waals surface area contributed by atoms with Gasteiger partial charge in [-0.3, -0.25) is 14.5 Å². The van der Waals surface area contributed by atoms with Crippen LogP contribution in [0.1, 0.15) is 45.5 Å². The highest BCUT2D eigenvalue weighted by Crippen LogP contribution is 2.37. The number of nitrogens with two attached hydrogens (primary N) is 1. The molecule has 7 heteroatoms. The van der Waals surface area contributed by atoms with Crippen molar-refractivity contribution in [3.8, 4) is 5.75 Å².